The summed E-state index contributed by atoms with van der Waals surface area (Å²) in [6.07, 6.45) is 2.55. The largest absolute Gasteiger partial charge is 0.497 e. The average Bonchev–Trinajstić information content (AvgIpc) is 2.39. The Morgan fingerprint density at radius 3 is 2.88 bits per heavy atom. The molecule has 0 bridgehead atoms. The Hall–Kier alpha value is -1.55. The number of aliphatic hydroxyl groups is 1. The van der Waals surface area contributed by atoms with Crippen LogP contribution >= 0.6 is 0 Å². The summed E-state index contributed by atoms with van der Waals surface area (Å²) in [5.41, 5.74) is 0.207. The number of methoxy groups -OCH3 is 1. The van der Waals surface area contributed by atoms with E-state index in [9.17, 15) is 9.50 Å². The number of rotatable bonds is 3. The first-order valence-corrected chi connectivity index (χ1v) is 5.56. The second-order valence-electron chi connectivity index (χ2n) is 3.89. The van der Waals surface area contributed by atoms with Gasteiger partial charge in [-0.2, -0.15) is 0 Å². The van der Waals surface area contributed by atoms with Crippen molar-refractivity contribution in [2.45, 2.75) is 18.9 Å². The van der Waals surface area contributed by atoms with E-state index in [4.69, 9.17) is 9.47 Å². The summed E-state index contributed by atoms with van der Waals surface area (Å²) in [5, 5.41) is 10.0. The van der Waals surface area contributed by atoms with Gasteiger partial charge in [0.25, 0.3) is 0 Å². The Bertz CT molecular complexity index is 429. The first-order valence-electron chi connectivity index (χ1n) is 5.56. The predicted molar refractivity (Wildman–Crippen MR) is 61.2 cm³/mol. The highest BCUT2D eigenvalue weighted by Crippen LogP contribution is 2.29. The molecule has 0 aliphatic carbocycles. The van der Waals surface area contributed by atoms with E-state index in [1.165, 1.54) is 19.2 Å². The molecule has 4 heteroatoms. The van der Waals surface area contributed by atoms with Crippen LogP contribution < -0.4 is 4.74 Å². The molecular formula is C13H15FO3. The number of hydrogen-bond donors (Lipinski definition) is 1. The molecule has 0 saturated heterocycles. The zero-order valence-corrected chi connectivity index (χ0v) is 9.65. The van der Waals surface area contributed by atoms with Crippen LogP contribution in [0, 0.1) is 5.82 Å². The van der Waals surface area contributed by atoms with Crippen LogP contribution in [0.4, 0.5) is 4.39 Å². The summed E-state index contributed by atoms with van der Waals surface area (Å²) in [5.74, 6) is 0.365. The van der Waals surface area contributed by atoms with Crippen LogP contribution in [0.5, 0.6) is 5.75 Å². The molecule has 1 aliphatic rings. The maximum atomic E-state index is 13.7. The van der Waals surface area contributed by atoms with Crippen molar-refractivity contribution in [3.05, 3.63) is 41.4 Å². The lowest BCUT2D eigenvalue weighted by molar-refractivity contribution is 0.0896. The third-order valence-corrected chi connectivity index (χ3v) is 2.73. The molecule has 1 heterocycles. The fourth-order valence-electron chi connectivity index (χ4n) is 1.78. The number of halogens is 1. The van der Waals surface area contributed by atoms with Gasteiger partial charge in [0, 0.05) is 11.6 Å². The van der Waals surface area contributed by atoms with E-state index in [-0.39, 0.29) is 5.56 Å². The number of hydrogen-bond acceptors (Lipinski definition) is 3. The van der Waals surface area contributed by atoms with Gasteiger partial charge in [-0.25, -0.2) is 4.39 Å². The molecule has 0 spiro atoms. The number of allylic oxidation sites excluding steroid dienone is 1. The molecule has 0 aromatic heterocycles. The van der Waals surface area contributed by atoms with Crippen molar-refractivity contribution in [2.24, 2.45) is 0 Å². The Kier molecular flexibility index (Phi) is 3.64. The van der Waals surface area contributed by atoms with Gasteiger partial charge in [-0.15, -0.1) is 0 Å². The zero-order valence-electron chi connectivity index (χ0n) is 9.65. The van der Waals surface area contributed by atoms with E-state index >= 15 is 0 Å². The van der Waals surface area contributed by atoms with Crippen LogP contribution in [0.15, 0.2) is 30.0 Å². The minimum atomic E-state index is -1.04. The topological polar surface area (TPSA) is 38.7 Å². The third kappa shape index (κ3) is 2.58. The van der Waals surface area contributed by atoms with Crippen molar-refractivity contribution in [2.75, 3.05) is 13.7 Å². The Morgan fingerprint density at radius 1 is 1.47 bits per heavy atom. The highest BCUT2D eigenvalue weighted by molar-refractivity contribution is 5.32. The molecule has 1 N–H and O–H groups in total. The van der Waals surface area contributed by atoms with Gasteiger partial charge in [-0.1, -0.05) is 0 Å². The SMILES string of the molecule is COc1ccc(C(O)C2=CCCCO2)c(F)c1. The van der Waals surface area contributed by atoms with E-state index in [0.29, 0.717) is 18.1 Å². The highest BCUT2D eigenvalue weighted by Gasteiger charge is 2.20. The van der Waals surface area contributed by atoms with Crippen molar-refractivity contribution in [1.82, 2.24) is 0 Å². The molecule has 0 saturated carbocycles. The molecule has 1 atom stereocenters. The van der Waals surface area contributed by atoms with E-state index in [2.05, 4.69) is 0 Å². The summed E-state index contributed by atoms with van der Waals surface area (Å²) >= 11 is 0. The summed E-state index contributed by atoms with van der Waals surface area (Å²) in [6, 6.07) is 4.38. The summed E-state index contributed by atoms with van der Waals surface area (Å²) in [7, 11) is 1.47. The molecule has 2 rings (SSSR count). The third-order valence-electron chi connectivity index (χ3n) is 2.73. The average molecular weight is 238 g/mol. The molecule has 92 valence electrons. The van der Waals surface area contributed by atoms with Gasteiger partial charge >= 0.3 is 0 Å². The lowest BCUT2D eigenvalue weighted by Crippen LogP contribution is -2.11. The molecule has 1 unspecified atom stereocenters. The summed E-state index contributed by atoms with van der Waals surface area (Å²) < 4.78 is 23.9. The Balaban J connectivity index is 2.24. The fourth-order valence-corrected chi connectivity index (χ4v) is 1.78. The lowest BCUT2D eigenvalue weighted by Gasteiger charge is -2.20. The van der Waals surface area contributed by atoms with Crippen molar-refractivity contribution >= 4 is 0 Å². The number of aliphatic hydroxyl groups excluding tert-OH is 1. The van der Waals surface area contributed by atoms with Gasteiger partial charge in [0.1, 0.15) is 23.4 Å². The quantitative estimate of drug-likeness (QED) is 0.879. The maximum Gasteiger partial charge on any atom is 0.138 e. The first-order chi connectivity index (χ1) is 8.22. The maximum absolute atomic E-state index is 13.7. The van der Waals surface area contributed by atoms with Crippen LogP contribution in [0.1, 0.15) is 24.5 Å². The summed E-state index contributed by atoms with van der Waals surface area (Å²) in [6.45, 7) is 0.570. The van der Waals surface area contributed by atoms with Crippen LogP contribution in [0.2, 0.25) is 0 Å². The molecule has 1 aliphatic heterocycles. The predicted octanol–water partition coefficient (Wildman–Crippen LogP) is 2.56. The smallest absolute Gasteiger partial charge is 0.138 e. The molecule has 3 nitrogen and oxygen atoms in total. The standard InChI is InChI=1S/C13H15FO3/c1-16-9-5-6-10(11(14)8-9)13(15)12-4-2-3-7-17-12/h4-6,8,13,15H,2-3,7H2,1H3. The monoisotopic (exact) mass is 238 g/mol. The van der Waals surface area contributed by atoms with Gasteiger partial charge in [-0.05, 0) is 31.1 Å². The van der Waals surface area contributed by atoms with Crippen LogP contribution in [0.3, 0.4) is 0 Å². The zero-order chi connectivity index (χ0) is 12.3. The molecule has 0 amide bonds. The van der Waals surface area contributed by atoms with Gasteiger partial charge in [0.05, 0.1) is 13.7 Å². The summed E-state index contributed by atoms with van der Waals surface area (Å²) in [4.78, 5) is 0. The Labute approximate surface area is 99.5 Å². The van der Waals surface area contributed by atoms with Gasteiger partial charge in [-0.3, -0.25) is 0 Å². The van der Waals surface area contributed by atoms with Gasteiger partial charge in [0.15, 0.2) is 0 Å². The number of ether oxygens (including phenoxy) is 2. The normalized spacial score (nSPS) is 17.0. The van der Waals surface area contributed by atoms with Crippen molar-refractivity contribution in [3.63, 3.8) is 0 Å². The minimum Gasteiger partial charge on any atom is -0.497 e. The van der Waals surface area contributed by atoms with Gasteiger partial charge < -0.3 is 14.6 Å². The highest BCUT2D eigenvalue weighted by atomic mass is 19.1. The van der Waals surface area contributed by atoms with Crippen LogP contribution in [-0.4, -0.2) is 18.8 Å². The Morgan fingerprint density at radius 2 is 2.29 bits per heavy atom. The van der Waals surface area contributed by atoms with E-state index in [1.54, 1.807) is 12.1 Å². The second-order valence-corrected chi connectivity index (χ2v) is 3.89. The van der Waals surface area contributed by atoms with Gasteiger partial charge in [0.2, 0.25) is 0 Å². The van der Waals surface area contributed by atoms with E-state index in [0.717, 1.165) is 12.8 Å². The second kappa shape index (κ2) is 5.19. The molecular weight excluding hydrogens is 223 g/mol. The van der Waals surface area contributed by atoms with E-state index < -0.39 is 11.9 Å². The number of benzene rings is 1. The van der Waals surface area contributed by atoms with Crippen molar-refractivity contribution in [3.8, 4) is 5.75 Å². The van der Waals surface area contributed by atoms with Crippen LogP contribution in [0.25, 0.3) is 0 Å². The van der Waals surface area contributed by atoms with Crippen LogP contribution in [-0.2, 0) is 4.74 Å². The van der Waals surface area contributed by atoms with E-state index in [1.807, 2.05) is 0 Å². The van der Waals surface area contributed by atoms with Crippen molar-refractivity contribution < 1.29 is 19.0 Å². The van der Waals surface area contributed by atoms with Crippen molar-refractivity contribution in [1.29, 1.82) is 0 Å². The fraction of sp³-hybridized carbons (Fsp3) is 0.385. The molecule has 0 fully saturated rings. The molecule has 0 radical (unpaired) electrons. The first kappa shape index (κ1) is 11.9. The molecule has 17 heavy (non-hydrogen) atoms. The molecule has 1 aromatic rings. The molecule has 1 aromatic carbocycles. The minimum absolute atomic E-state index is 0.207. The lowest BCUT2D eigenvalue weighted by atomic mass is 10.0.